The Kier molecular flexibility index (Phi) is 5.94. The van der Waals surface area contributed by atoms with E-state index < -0.39 is 0 Å². The van der Waals surface area contributed by atoms with E-state index in [9.17, 15) is 0 Å². The first-order chi connectivity index (χ1) is 8.00. The van der Waals surface area contributed by atoms with Crippen LogP contribution < -0.4 is 5.32 Å². The van der Waals surface area contributed by atoms with Crippen molar-refractivity contribution in [3.63, 3.8) is 0 Å². The molecule has 1 fully saturated rings. The van der Waals surface area contributed by atoms with Crippen molar-refractivity contribution in [1.82, 2.24) is 5.32 Å². The third-order valence-corrected chi connectivity index (χ3v) is 3.87. The van der Waals surface area contributed by atoms with Crippen molar-refractivity contribution in [3.05, 3.63) is 0 Å². The minimum absolute atomic E-state index is 0.214. The van der Waals surface area contributed by atoms with Gasteiger partial charge in [-0.1, -0.05) is 40.5 Å². The van der Waals surface area contributed by atoms with Crippen LogP contribution in [0, 0.1) is 11.3 Å². The Morgan fingerprint density at radius 2 is 1.76 bits per heavy atom. The van der Waals surface area contributed by atoms with Gasteiger partial charge in [0.25, 0.3) is 0 Å². The lowest BCUT2D eigenvalue weighted by molar-refractivity contribution is -0.0480. The van der Waals surface area contributed by atoms with Crippen molar-refractivity contribution >= 4 is 0 Å². The molecule has 0 amide bonds. The first-order valence-electron chi connectivity index (χ1n) is 7.35. The smallest absolute Gasteiger partial charge is 0.0778 e. The highest BCUT2D eigenvalue weighted by molar-refractivity contribution is 4.92. The zero-order chi connectivity index (χ0) is 12.9. The van der Waals surface area contributed by atoms with Gasteiger partial charge in [-0.3, -0.25) is 0 Å². The minimum atomic E-state index is 0.214. The fourth-order valence-electron chi connectivity index (χ4n) is 3.15. The van der Waals surface area contributed by atoms with Gasteiger partial charge in [0.2, 0.25) is 0 Å². The minimum Gasteiger partial charge on any atom is -0.376 e. The number of rotatable bonds is 6. The molecule has 0 radical (unpaired) electrons. The maximum Gasteiger partial charge on any atom is 0.0778 e. The van der Waals surface area contributed by atoms with Crippen molar-refractivity contribution in [2.45, 2.75) is 72.4 Å². The normalized spacial score (nSPS) is 21.7. The van der Waals surface area contributed by atoms with Crippen molar-refractivity contribution in [2.75, 3.05) is 13.2 Å². The molecule has 0 aromatic rings. The van der Waals surface area contributed by atoms with Gasteiger partial charge in [0, 0.05) is 12.6 Å². The molecule has 0 aromatic carbocycles. The molecule has 0 heterocycles. The molecule has 102 valence electrons. The van der Waals surface area contributed by atoms with Crippen LogP contribution in [0.5, 0.6) is 0 Å². The van der Waals surface area contributed by atoms with Crippen molar-refractivity contribution in [1.29, 1.82) is 0 Å². The molecule has 1 saturated carbocycles. The Bertz CT molecular complexity index is 203. The van der Waals surface area contributed by atoms with Crippen LogP contribution in [0.4, 0.5) is 0 Å². The highest BCUT2D eigenvalue weighted by Gasteiger charge is 2.37. The largest absolute Gasteiger partial charge is 0.376 e. The van der Waals surface area contributed by atoms with Gasteiger partial charge < -0.3 is 10.1 Å². The first-order valence-corrected chi connectivity index (χ1v) is 7.35. The predicted molar refractivity (Wildman–Crippen MR) is 74.3 cm³/mol. The second-order valence-corrected chi connectivity index (χ2v) is 6.37. The number of likely N-dealkylation sites (N-methyl/N-ethyl adjacent to an activating group) is 1. The molecule has 0 saturated heterocycles. The lowest BCUT2D eigenvalue weighted by Gasteiger charge is -2.40. The van der Waals surface area contributed by atoms with E-state index in [2.05, 4.69) is 39.9 Å². The summed E-state index contributed by atoms with van der Waals surface area (Å²) in [5.41, 5.74) is 0.214. The first kappa shape index (κ1) is 15.0. The lowest BCUT2D eigenvalue weighted by atomic mass is 9.79. The van der Waals surface area contributed by atoms with Crippen LogP contribution in [0.3, 0.4) is 0 Å². The number of hydrogen-bond donors (Lipinski definition) is 1. The van der Waals surface area contributed by atoms with E-state index in [0.29, 0.717) is 12.1 Å². The molecule has 0 aromatic heterocycles. The van der Waals surface area contributed by atoms with Crippen LogP contribution in [0.2, 0.25) is 0 Å². The standard InChI is InChI=1S/C15H31NO/c1-6-16-13(12-10-8-9-11-12)14(17-7-2)15(3,4)5/h12-14,16H,6-11H2,1-5H3. The average Bonchev–Trinajstić information content (AvgIpc) is 2.75. The topological polar surface area (TPSA) is 21.3 Å². The number of hydrogen-bond acceptors (Lipinski definition) is 2. The maximum absolute atomic E-state index is 6.07. The molecule has 2 unspecified atom stereocenters. The predicted octanol–water partition coefficient (Wildman–Crippen LogP) is 3.61. The zero-order valence-electron chi connectivity index (χ0n) is 12.4. The fraction of sp³-hybridized carbons (Fsp3) is 1.00. The van der Waals surface area contributed by atoms with Gasteiger partial charge in [0.15, 0.2) is 0 Å². The molecule has 1 aliphatic carbocycles. The van der Waals surface area contributed by atoms with Gasteiger partial charge >= 0.3 is 0 Å². The van der Waals surface area contributed by atoms with E-state index in [1.807, 2.05) is 0 Å². The SMILES string of the molecule is CCNC(C1CCCC1)C(OCC)C(C)(C)C. The van der Waals surface area contributed by atoms with E-state index >= 15 is 0 Å². The van der Waals surface area contributed by atoms with Crippen molar-refractivity contribution in [3.8, 4) is 0 Å². The molecule has 17 heavy (non-hydrogen) atoms. The molecule has 1 N–H and O–H groups in total. The fourth-order valence-corrected chi connectivity index (χ4v) is 3.15. The molecule has 0 spiro atoms. The summed E-state index contributed by atoms with van der Waals surface area (Å²) in [4.78, 5) is 0. The zero-order valence-corrected chi connectivity index (χ0v) is 12.4. The molecule has 2 nitrogen and oxygen atoms in total. The summed E-state index contributed by atoms with van der Waals surface area (Å²) < 4.78 is 6.07. The van der Waals surface area contributed by atoms with Gasteiger partial charge in [0.1, 0.15) is 0 Å². The quantitative estimate of drug-likeness (QED) is 0.767. The molecule has 1 rings (SSSR count). The van der Waals surface area contributed by atoms with Gasteiger partial charge in [-0.15, -0.1) is 0 Å². The number of nitrogens with one attached hydrogen (secondary N) is 1. The van der Waals surface area contributed by atoms with Gasteiger partial charge in [-0.2, -0.15) is 0 Å². The molecule has 1 aliphatic rings. The second-order valence-electron chi connectivity index (χ2n) is 6.37. The molecule has 2 heteroatoms. The monoisotopic (exact) mass is 241 g/mol. The molecule has 0 bridgehead atoms. The summed E-state index contributed by atoms with van der Waals surface area (Å²) in [6, 6.07) is 0.530. The van der Waals surface area contributed by atoms with E-state index in [-0.39, 0.29) is 5.41 Å². The van der Waals surface area contributed by atoms with Crippen molar-refractivity contribution in [2.24, 2.45) is 11.3 Å². The van der Waals surface area contributed by atoms with Crippen LogP contribution in [-0.4, -0.2) is 25.3 Å². The Hall–Kier alpha value is -0.0800. The van der Waals surface area contributed by atoms with Gasteiger partial charge in [0.05, 0.1) is 6.10 Å². The van der Waals surface area contributed by atoms with E-state index in [4.69, 9.17) is 4.74 Å². The third-order valence-electron chi connectivity index (χ3n) is 3.87. The summed E-state index contributed by atoms with van der Waals surface area (Å²) in [6.07, 6.45) is 5.87. The summed E-state index contributed by atoms with van der Waals surface area (Å²) in [6.45, 7) is 13.1. The highest BCUT2D eigenvalue weighted by Crippen LogP contribution is 2.35. The summed E-state index contributed by atoms with van der Waals surface area (Å²) in [7, 11) is 0. The molecule has 0 aliphatic heterocycles. The van der Waals surface area contributed by atoms with Crippen LogP contribution >= 0.6 is 0 Å². The third kappa shape index (κ3) is 4.26. The van der Waals surface area contributed by atoms with Crippen LogP contribution in [0.1, 0.15) is 60.3 Å². The summed E-state index contributed by atoms with van der Waals surface area (Å²) >= 11 is 0. The summed E-state index contributed by atoms with van der Waals surface area (Å²) in [5, 5.41) is 3.69. The Labute approximate surface area is 108 Å². The van der Waals surface area contributed by atoms with Gasteiger partial charge in [-0.25, -0.2) is 0 Å². The highest BCUT2D eigenvalue weighted by atomic mass is 16.5. The number of ether oxygens (including phenoxy) is 1. The van der Waals surface area contributed by atoms with Gasteiger partial charge in [-0.05, 0) is 37.6 Å². The molecule has 2 atom stereocenters. The van der Waals surface area contributed by atoms with Crippen LogP contribution in [-0.2, 0) is 4.74 Å². The van der Waals surface area contributed by atoms with Crippen LogP contribution in [0.15, 0.2) is 0 Å². The van der Waals surface area contributed by atoms with E-state index in [1.54, 1.807) is 0 Å². The molecular weight excluding hydrogens is 210 g/mol. The van der Waals surface area contributed by atoms with Crippen molar-refractivity contribution < 1.29 is 4.74 Å². The van der Waals surface area contributed by atoms with E-state index in [1.165, 1.54) is 25.7 Å². The summed E-state index contributed by atoms with van der Waals surface area (Å²) in [5.74, 6) is 0.811. The average molecular weight is 241 g/mol. The maximum atomic E-state index is 6.07. The van der Waals surface area contributed by atoms with E-state index in [0.717, 1.165) is 19.1 Å². The van der Waals surface area contributed by atoms with Crippen LogP contribution in [0.25, 0.3) is 0 Å². The Morgan fingerprint density at radius 1 is 1.18 bits per heavy atom. The molecular formula is C15H31NO. The Morgan fingerprint density at radius 3 is 2.18 bits per heavy atom. The lowest BCUT2D eigenvalue weighted by Crippen LogP contribution is -2.51. The Balaban J connectivity index is 2.76. The second kappa shape index (κ2) is 6.75.